The maximum atomic E-state index is 12.5. The number of Topliss-reactive ketones (excluding diaryl/α,β-unsaturated/α-hetero) is 2. The lowest BCUT2D eigenvalue weighted by atomic mass is 10.1. The molecule has 31 heavy (non-hydrogen) atoms. The van der Waals surface area contributed by atoms with Crippen LogP contribution in [0.25, 0.3) is 6.08 Å². The molecular weight excluding hydrogens is 394 g/mol. The molecule has 0 radical (unpaired) electrons. The summed E-state index contributed by atoms with van der Waals surface area (Å²) in [7, 11) is 1.56. The van der Waals surface area contributed by atoms with Crippen LogP contribution in [0, 0.1) is 0 Å². The van der Waals surface area contributed by atoms with Gasteiger partial charge in [-0.2, -0.15) is 0 Å². The Morgan fingerprint density at radius 3 is 2.19 bits per heavy atom. The highest BCUT2D eigenvalue weighted by atomic mass is 16.5. The largest absolute Gasteiger partial charge is 0.497 e. The van der Waals surface area contributed by atoms with Crippen molar-refractivity contribution in [1.29, 1.82) is 0 Å². The Morgan fingerprint density at radius 1 is 0.871 bits per heavy atom. The summed E-state index contributed by atoms with van der Waals surface area (Å²) in [5.41, 5.74) is 2.31. The van der Waals surface area contributed by atoms with Gasteiger partial charge in [0, 0.05) is 22.9 Å². The summed E-state index contributed by atoms with van der Waals surface area (Å²) in [5.74, 6) is 0.297. The second-order valence-corrected chi connectivity index (χ2v) is 6.90. The van der Waals surface area contributed by atoms with E-state index in [0.29, 0.717) is 33.9 Å². The normalized spacial score (nSPS) is 12.4. The lowest BCUT2D eigenvalue weighted by molar-refractivity contribution is -0.118. The van der Waals surface area contributed by atoms with Crippen LogP contribution < -0.4 is 14.8 Å². The molecule has 1 amide bonds. The van der Waals surface area contributed by atoms with Crippen molar-refractivity contribution in [3.63, 3.8) is 0 Å². The summed E-state index contributed by atoms with van der Waals surface area (Å²) in [6.45, 7) is -0.163. The van der Waals surface area contributed by atoms with Gasteiger partial charge in [-0.15, -0.1) is 0 Å². The molecule has 0 spiro atoms. The third kappa shape index (κ3) is 4.38. The predicted octanol–water partition coefficient (Wildman–Crippen LogP) is 4.18. The van der Waals surface area contributed by atoms with E-state index < -0.39 is 0 Å². The first-order valence-corrected chi connectivity index (χ1v) is 9.62. The molecule has 1 aliphatic rings. The van der Waals surface area contributed by atoms with Crippen molar-refractivity contribution < 1.29 is 23.9 Å². The second kappa shape index (κ2) is 8.67. The number of carbonyl (C=O) groups is 3. The van der Waals surface area contributed by atoms with Gasteiger partial charge in [0.05, 0.1) is 12.7 Å². The van der Waals surface area contributed by atoms with Crippen molar-refractivity contribution >= 4 is 29.2 Å². The average Bonchev–Trinajstić information content (AvgIpc) is 3.04. The van der Waals surface area contributed by atoms with Crippen LogP contribution in [0.15, 0.2) is 78.4 Å². The highest BCUT2D eigenvalue weighted by Gasteiger charge is 2.32. The Balaban J connectivity index is 1.38. The lowest BCUT2D eigenvalue weighted by Gasteiger charge is -2.09. The molecule has 4 rings (SSSR count). The Kier molecular flexibility index (Phi) is 5.62. The second-order valence-electron chi connectivity index (χ2n) is 6.90. The minimum Gasteiger partial charge on any atom is -0.497 e. The van der Waals surface area contributed by atoms with Gasteiger partial charge in [-0.1, -0.05) is 42.5 Å². The van der Waals surface area contributed by atoms with E-state index in [0.717, 1.165) is 0 Å². The predicted molar refractivity (Wildman–Crippen MR) is 117 cm³/mol. The van der Waals surface area contributed by atoms with Crippen molar-refractivity contribution in [2.75, 3.05) is 19.0 Å². The minimum absolute atomic E-state index is 0.146. The molecule has 0 saturated carbocycles. The zero-order chi connectivity index (χ0) is 21.8. The smallest absolute Gasteiger partial charge is 0.262 e. The van der Waals surface area contributed by atoms with E-state index >= 15 is 0 Å². The van der Waals surface area contributed by atoms with Gasteiger partial charge in [-0.05, 0) is 35.9 Å². The maximum Gasteiger partial charge on any atom is 0.262 e. The molecule has 1 aliphatic carbocycles. The van der Waals surface area contributed by atoms with E-state index in [1.807, 2.05) is 0 Å². The molecule has 6 nitrogen and oxygen atoms in total. The monoisotopic (exact) mass is 413 g/mol. The van der Waals surface area contributed by atoms with Crippen molar-refractivity contribution in [2.45, 2.75) is 0 Å². The van der Waals surface area contributed by atoms with Crippen LogP contribution in [0.1, 0.15) is 26.3 Å². The highest BCUT2D eigenvalue weighted by molar-refractivity contribution is 6.41. The SMILES string of the molecule is COc1cccc(NC(=O)COc2ccc(C=C3C(=O)c4ccccc4C3=O)cc2)c1. The number of nitrogens with one attached hydrogen (secondary N) is 1. The van der Waals surface area contributed by atoms with Gasteiger partial charge < -0.3 is 14.8 Å². The quantitative estimate of drug-likeness (QED) is 0.484. The Hall–Kier alpha value is -4.19. The number of hydrogen-bond donors (Lipinski definition) is 1. The first-order chi connectivity index (χ1) is 15.0. The van der Waals surface area contributed by atoms with Crippen LogP contribution in [0.3, 0.4) is 0 Å². The molecule has 0 fully saturated rings. The van der Waals surface area contributed by atoms with Crippen molar-refractivity contribution in [1.82, 2.24) is 0 Å². The van der Waals surface area contributed by atoms with E-state index in [1.54, 1.807) is 86.0 Å². The Morgan fingerprint density at radius 2 is 1.55 bits per heavy atom. The van der Waals surface area contributed by atoms with Crippen LogP contribution in [0.5, 0.6) is 11.5 Å². The third-order valence-corrected chi connectivity index (χ3v) is 4.82. The third-order valence-electron chi connectivity index (χ3n) is 4.82. The number of benzene rings is 3. The number of ether oxygens (including phenoxy) is 2. The summed E-state index contributed by atoms with van der Waals surface area (Å²) in [6, 6.07) is 20.6. The van der Waals surface area contributed by atoms with E-state index in [4.69, 9.17) is 9.47 Å². The van der Waals surface area contributed by atoms with Gasteiger partial charge in [-0.3, -0.25) is 14.4 Å². The molecule has 0 heterocycles. The molecule has 3 aromatic carbocycles. The number of allylic oxidation sites excluding steroid dienone is 1. The molecule has 0 atom stereocenters. The molecule has 0 aromatic heterocycles. The van der Waals surface area contributed by atoms with Crippen LogP contribution in [-0.2, 0) is 4.79 Å². The topological polar surface area (TPSA) is 81.7 Å². The zero-order valence-electron chi connectivity index (χ0n) is 16.8. The first kappa shape index (κ1) is 20.1. The first-order valence-electron chi connectivity index (χ1n) is 9.62. The zero-order valence-corrected chi connectivity index (χ0v) is 16.8. The van der Waals surface area contributed by atoms with Crippen LogP contribution in [-0.4, -0.2) is 31.2 Å². The van der Waals surface area contributed by atoms with E-state index in [9.17, 15) is 14.4 Å². The number of ketones is 2. The van der Waals surface area contributed by atoms with Crippen molar-refractivity contribution in [3.05, 3.63) is 95.1 Å². The Bertz CT molecular complexity index is 1160. The molecule has 6 heteroatoms. The number of anilines is 1. The molecule has 3 aromatic rings. The number of hydrogen-bond acceptors (Lipinski definition) is 5. The summed E-state index contributed by atoms with van der Waals surface area (Å²) in [5, 5.41) is 2.74. The number of carbonyl (C=O) groups excluding carboxylic acids is 3. The van der Waals surface area contributed by atoms with Crippen molar-refractivity contribution in [2.24, 2.45) is 0 Å². The van der Waals surface area contributed by atoms with Gasteiger partial charge in [0.15, 0.2) is 18.2 Å². The van der Waals surface area contributed by atoms with Gasteiger partial charge in [-0.25, -0.2) is 0 Å². The molecule has 0 bridgehead atoms. The summed E-state index contributed by atoms with van der Waals surface area (Å²) in [6.07, 6.45) is 1.57. The molecule has 0 aliphatic heterocycles. The molecule has 0 unspecified atom stereocenters. The number of rotatable bonds is 6. The van der Waals surface area contributed by atoms with E-state index in [1.165, 1.54) is 0 Å². The van der Waals surface area contributed by atoms with E-state index in [2.05, 4.69) is 5.32 Å². The standard InChI is InChI=1S/C25H19NO5/c1-30-19-6-4-5-17(14-19)26-23(27)15-31-18-11-9-16(10-12-18)13-22-24(28)20-7-2-3-8-21(20)25(22)29/h2-14H,15H2,1H3,(H,26,27). The Labute approximate surface area is 179 Å². The highest BCUT2D eigenvalue weighted by Crippen LogP contribution is 2.28. The number of amides is 1. The summed E-state index contributed by atoms with van der Waals surface area (Å²) in [4.78, 5) is 37.1. The summed E-state index contributed by atoms with van der Waals surface area (Å²) < 4.78 is 10.6. The fourth-order valence-electron chi connectivity index (χ4n) is 3.28. The van der Waals surface area contributed by atoms with Crippen LogP contribution >= 0.6 is 0 Å². The lowest BCUT2D eigenvalue weighted by Crippen LogP contribution is -2.20. The van der Waals surface area contributed by atoms with Gasteiger partial charge >= 0.3 is 0 Å². The minimum atomic E-state index is -0.306. The fraction of sp³-hybridized carbons (Fsp3) is 0.0800. The number of fused-ring (bicyclic) bond motifs is 1. The van der Waals surface area contributed by atoms with E-state index in [-0.39, 0.29) is 29.7 Å². The number of methoxy groups -OCH3 is 1. The molecule has 154 valence electrons. The van der Waals surface area contributed by atoms with Gasteiger partial charge in [0.1, 0.15) is 11.5 Å². The summed E-state index contributed by atoms with van der Waals surface area (Å²) >= 11 is 0. The maximum absolute atomic E-state index is 12.5. The molecular formula is C25H19NO5. The fourth-order valence-corrected chi connectivity index (χ4v) is 3.28. The molecule has 1 N–H and O–H groups in total. The van der Waals surface area contributed by atoms with Crippen LogP contribution in [0.2, 0.25) is 0 Å². The average molecular weight is 413 g/mol. The van der Waals surface area contributed by atoms with Gasteiger partial charge in [0.2, 0.25) is 0 Å². The van der Waals surface area contributed by atoms with Crippen molar-refractivity contribution in [3.8, 4) is 11.5 Å². The molecule has 0 saturated heterocycles. The van der Waals surface area contributed by atoms with Crippen LogP contribution in [0.4, 0.5) is 5.69 Å². The van der Waals surface area contributed by atoms with Gasteiger partial charge in [0.25, 0.3) is 5.91 Å².